The van der Waals surface area contributed by atoms with Crippen molar-refractivity contribution in [2.45, 2.75) is 19.8 Å². The van der Waals surface area contributed by atoms with Crippen molar-refractivity contribution < 1.29 is 19.1 Å². The van der Waals surface area contributed by atoms with E-state index in [0.717, 1.165) is 10.8 Å². The van der Waals surface area contributed by atoms with Crippen LogP contribution in [0.4, 0.5) is 10.1 Å². The van der Waals surface area contributed by atoms with E-state index in [1.54, 1.807) is 43.3 Å². The molecule has 0 radical (unpaired) electrons. The van der Waals surface area contributed by atoms with E-state index in [1.807, 2.05) is 29.2 Å². The predicted octanol–water partition coefficient (Wildman–Crippen LogP) is 4.85. The zero-order valence-corrected chi connectivity index (χ0v) is 20.2. The average molecular weight is 500 g/mol. The highest BCUT2D eigenvalue weighted by atomic mass is 19.1. The number of likely N-dealkylation sites (tertiary alicyclic amines) is 1. The lowest BCUT2D eigenvalue weighted by molar-refractivity contribution is -0.143. The van der Waals surface area contributed by atoms with Crippen molar-refractivity contribution in [3.8, 4) is 5.69 Å². The van der Waals surface area contributed by atoms with Gasteiger partial charge in [0.1, 0.15) is 23.0 Å². The molecule has 0 bridgehead atoms. The van der Waals surface area contributed by atoms with Gasteiger partial charge in [0.05, 0.1) is 11.6 Å². The quantitative estimate of drug-likeness (QED) is 0.269. The summed E-state index contributed by atoms with van der Waals surface area (Å²) in [7, 11) is 0. The number of anilines is 1. The highest BCUT2D eigenvalue weighted by Crippen LogP contribution is 2.24. The van der Waals surface area contributed by atoms with Gasteiger partial charge in [0.15, 0.2) is 0 Å². The van der Waals surface area contributed by atoms with E-state index in [9.17, 15) is 19.1 Å². The molecule has 2 heterocycles. The summed E-state index contributed by atoms with van der Waals surface area (Å²) in [6.07, 6.45) is 1.02. The van der Waals surface area contributed by atoms with E-state index in [-0.39, 0.29) is 17.3 Å². The number of nitrogens with zero attached hydrogens (tertiary/aromatic N) is 3. The molecule has 0 atom stereocenters. The summed E-state index contributed by atoms with van der Waals surface area (Å²) >= 11 is 0. The molecule has 0 spiro atoms. The second-order valence-corrected chi connectivity index (χ2v) is 9.21. The Labute approximate surface area is 212 Å². The predicted molar refractivity (Wildman–Crippen MR) is 139 cm³/mol. The van der Waals surface area contributed by atoms with Crippen molar-refractivity contribution in [3.05, 3.63) is 89.5 Å². The average Bonchev–Trinajstić information content (AvgIpc) is 3.30. The number of aliphatic carboxylic acids is 1. The van der Waals surface area contributed by atoms with Crippen LogP contribution in [0.3, 0.4) is 0 Å². The fraction of sp³-hybridized carbons (Fsp3) is 0.214. The van der Waals surface area contributed by atoms with Gasteiger partial charge in [-0.25, -0.2) is 9.07 Å². The third-order valence-electron chi connectivity index (χ3n) is 6.68. The lowest BCUT2D eigenvalue weighted by Gasteiger charge is -2.32. The van der Waals surface area contributed by atoms with Gasteiger partial charge in [-0.3, -0.25) is 15.0 Å². The Morgan fingerprint density at radius 3 is 2.32 bits per heavy atom. The van der Waals surface area contributed by atoms with Crippen LogP contribution in [0.1, 0.15) is 34.6 Å². The molecule has 0 aliphatic carbocycles. The highest BCUT2D eigenvalue weighted by Gasteiger charge is 2.26. The van der Waals surface area contributed by atoms with Crippen LogP contribution >= 0.6 is 0 Å². The number of carbonyl (C=O) groups excluding carboxylic acids is 1. The van der Waals surface area contributed by atoms with Gasteiger partial charge in [-0.2, -0.15) is 5.10 Å². The maximum absolute atomic E-state index is 15.0. The lowest BCUT2D eigenvalue weighted by Crippen LogP contribution is -2.40. The number of aromatic nitrogens is 2. The Bertz CT molecular complexity index is 1500. The van der Waals surface area contributed by atoms with Crippen molar-refractivity contribution >= 4 is 34.2 Å². The first-order chi connectivity index (χ1) is 17.8. The molecular weight excluding hydrogens is 473 g/mol. The zero-order chi connectivity index (χ0) is 26.1. The second kappa shape index (κ2) is 9.85. The van der Waals surface area contributed by atoms with E-state index >= 15 is 0 Å². The number of piperidine rings is 1. The first-order valence-electron chi connectivity index (χ1n) is 12.0. The fourth-order valence-corrected chi connectivity index (χ4v) is 4.65. The van der Waals surface area contributed by atoms with Gasteiger partial charge in [-0.1, -0.05) is 24.3 Å². The Morgan fingerprint density at radius 1 is 1.03 bits per heavy atom. The van der Waals surface area contributed by atoms with Gasteiger partial charge in [0.2, 0.25) is 0 Å². The summed E-state index contributed by atoms with van der Waals surface area (Å²) in [6.45, 7) is 2.78. The molecule has 3 N–H and O–H groups in total. The Kier molecular flexibility index (Phi) is 6.43. The van der Waals surface area contributed by atoms with Crippen LogP contribution < -0.4 is 5.32 Å². The first-order valence-corrected chi connectivity index (χ1v) is 12.0. The first kappa shape index (κ1) is 24.2. The number of rotatable bonds is 5. The van der Waals surface area contributed by atoms with Crippen LogP contribution in [0.5, 0.6) is 0 Å². The standard InChI is InChI=1S/C28H26FN5O3/c1-17-14-25(34(32-17)24-16-21-5-3-2-4-20(21)15-23(24)29)27(35)31-22-8-6-18(7-9-22)26(30)33-12-10-19(11-13-33)28(36)37/h2-9,14-16,19,30H,10-13H2,1H3,(H,31,35)(H,36,37). The van der Waals surface area contributed by atoms with Crippen LogP contribution in [0.2, 0.25) is 0 Å². The van der Waals surface area contributed by atoms with E-state index < -0.39 is 17.7 Å². The number of carboxylic acids is 1. The molecule has 37 heavy (non-hydrogen) atoms. The number of amides is 1. The van der Waals surface area contributed by atoms with Gasteiger partial charge in [0, 0.05) is 24.3 Å². The monoisotopic (exact) mass is 499 g/mol. The van der Waals surface area contributed by atoms with Crippen molar-refractivity contribution in [3.63, 3.8) is 0 Å². The minimum absolute atomic E-state index is 0.187. The molecule has 1 aromatic heterocycles. The summed E-state index contributed by atoms with van der Waals surface area (Å²) < 4.78 is 16.3. The van der Waals surface area contributed by atoms with Crippen molar-refractivity contribution in [1.82, 2.24) is 14.7 Å². The van der Waals surface area contributed by atoms with Crippen LogP contribution in [0.25, 0.3) is 16.5 Å². The van der Waals surface area contributed by atoms with Crippen LogP contribution in [-0.4, -0.2) is 50.6 Å². The molecule has 188 valence electrons. The number of carboxylic acid groups (broad SMARTS) is 1. The molecule has 0 saturated carbocycles. The molecule has 1 aliphatic rings. The number of halogens is 1. The van der Waals surface area contributed by atoms with E-state index in [1.165, 1.54) is 10.7 Å². The number of aryl methyl sites for hydroxylation is 1. The van der Waals surface area contributed by atoms with Gasteiger partial charge in [-0.05, 0) is 73.0 Å². The number of nitrogens with one attached hydrogen (secondary N) is 2. The summed E-state index contributed by atoms with van der Waals surface area (Å²) in [4.78, 5) is 26.2. The molecule has 0 unspecified atom stereocenters. The van der Waals surface area contributed by atoms with E-state index in [4.69, 9.17) is 5.41 Å². The molecule has 9 heteroatoms. The minimum atomic E-state index is -0.786. The molecule has 1 aliphatic heterocycles. The third-order valence-corrected chi connectivity index (χ3v) is 6.68. The van der Waals surface area contributed by atoms with Gasteiger partial charge in [0.25, 0.3) is 5.91 Å². The highest BCUT2D eigenvalue weighted by molar-refractivity contribution is 6.04. The van der Waals surface area contributed by atoms with Crippen molar-refractivity contribution in [2.24, 2.45) is 5.92 Å². The van der Waals surface area contributed by atoms with Crippen LogP contribution in [0, 0.1) is 24.1 Å². The normalized spacial score (nSPS) is 14.1. The number of hydrogen-bond donors (Lipinski definition) is 3. The van der Waals surface area contributed by atoms with E-state index in [2.05, 4.69) is 10.4 Å². The van der Waals surface area contributed by atoms with E-state index in [0.29, 0.717) is 48.7 Å². The fourth-order valence-electron chi connectivity index (χ4n) is 4.65. The smallest absolute Gasteiger partial charge is 0.306 e. The van der Waals surface area contributed by atoms with Crippen LogP contribution in [-0.2, 0) is 4.79 Å². The largest absolute Gasteiger partial charge is 0.481 e. The Hall–Kier alpha value is -4.53. The SMILES string of the molecule is Cc1cc(C(=O)Nc2ccc(C(=N)N3CCC(C(=O)O)CC3)cc2)n(-c2cc3ccccc3cc2F)n1. The van der Waals surface area contributed by atoms with Gasteiger partial charge >= 0.3 is 5.97 Å². The number of amidine groups is 1. The second-order valence-electron chi connectivity index (χ2n) is 9.21. The molecule has 1 fully saturated rings. The Balaban J connectivity index is 1.32. The molecule has 1 saturated heterocycles. The summed E-state index contributed by atoms with van der Waals surface area (Å²) in [5, 5.41) is 26.5. The molecule has 4 aromatic rings. The van der Waals surface area contributed by atoms with Gasteiger partial charge < -0.3 is 15.3 Å². The van der Waals surface area contributed by atoms with Crippen LogP contribution in [0.15, 0.2) is 66.7 Å². The van der Waals surface area contributed by atoms with Gasteiger partial charge in [-0.15, -0.1) is 0 Å². The molecule has 5 rings (SSSR count). The number of carbonyl (C=O) groups is 2. The van der Waals surface area contributed by atoms with Crippen molar-refractivity contribution in [2.75, 3.05) is 18.4 Å². The number of hydrogen-bond acceptors (Lipinski definition) is 4. The zero-order valence-electron chi connectivity index (χ0n) is 20.2. The maximum Gasteiger partial charge on any atom is 0.306 e. The summed E-state index contributed by atoms with van der Waals surface area (Å²) in [5.74, 6) is -1.74. The molecule has 1 amide bonds. The third kappa shape index (κ3) is 4.93. The van der Waals surface area contributed by atoms with Crippen molar-refractivity contribution in [1.29, 1.82) is 5.41 Å². The minimum Gasteiger partial charge on any atom is -0.481 e. The molecular formula is C28H26FN5O3. The Morgan fingerprint density at radius 2 is 1.68 bits per heavy atom. The maximum atomic E-state index is 15.0. The number of benzene rings is 3. The topological polar surface area (TPSA) is 111 Å². The molecule has 3 aromatic carbocycles. The lowest BCUT2D eigenvalue weighted by atomic mass is 9.96. The molecule has 8 nitrogen and oxygen atoms in total. The number of fused-ring (bicyclic) bond motifs is 1. The summed E-state index contributed by atoms with van der Waals surface area (Å²) in [5.41, 5.74) is 2.16. The summed E-state index contributed by atoms with van der Waals surface area (Å²) in [6, 6.07) is 19.0.